The molecule has 0 bridgehead atoms. The van der Waals surface area contributed by atoms with Crippen molar-refractivity contribution in [1.29, 1.82) is 0 Å². The second-order valence-corrected chi connectivity index (χ2v) is 9.15. The fraction of sp³-hybridized carbons (Fsp3) is 0.250. The Kier molecular flexibility index (Phi) is 6.58. The summed E-state index contributed by atoms with van der Waals surface area (Å²) in [5, 5.41) is 7.67. The molecule has 1 N–H and O–H groups in total. The van der Waals surface area contributed by atoms with Crippen LogP contribution in [0.15, 0.2) is 79.4 Å². The molecule has 2 amide bonds. The summed E-state index contributed by atoms with van der Waals surface area (Å²) in [4.78, 5) is 36.8. The normalized spacial score (nSPS) is 14.6. The van der Waals surface area contributed by atoms with E-state index >= 15 is 0 Å². The number of rotatable bonds is 7. The molecule has 0 radical (unpaired) electrons. The molecule has 182 valence electrons. The lowest BCUT2D eigenvalue weighted by Gasteiger charge is -2.18. The third kappa shape index (κ3) is 4.75. The lowest BCUT2D eigenvalue weighted by Crippen LogP contribution is -2.30. The zero-order valence-electron chi connectivity index (χ0n) is 20.3. The van der Waals surface area contributed by atoms with E-state index in [4.69, 9.17) is 0 Å². The van der Waals surface area contributed by atoms with E-state index in [2.05, 4.69) is 20.4 Å². The van der Waals surface area contributed by atoms with Crippen LogP contribution in [0, 0.1) is 0 Å². The Labute approximate surface area is 210 Å². The van der Waals surface area contributed by atoms with Crippen molar-refractivity contribution < 1.29 is 9.59 Å². The summed E-state index contributed by atoms with van der Waals surface area (Å²) in [6.45, 7) is 5.00. The number of carbonyl (C=O) groups is 2. The smallest absolute Gasteiger partial charge is 0.258 e. The van der Waals surface area contributed by atoms with Gasteiger partial charge in [0.1, 0.15) is 6.33 Å². The molecule has 1 aliphatic heterocycles. The van der Waals surface area contributed by atoms with Gasteiger partial charge in [0.25, 0.3) is 11.8 Å². The van der Waals surface area contributed by atoms with Gasteiger partial charge in [0, 0.05) is 48.3 Å². The summed E-state index contributed by atoms with van der Waals surface area (Å²) in [6.07, 6.45) is 5.95. The molecule has 0 spiro atoms. The Morgan fingerprint density at radius 2 is 1.89 bits per heavy atom. The average molecular weight is 481 g/mol. The van der Waals surface area contributed by atoms with E-state index in [0.29, 0.717) is 36.5 Å². The topological polar surface area (TPSA) is 93.0 Å². The van der Waals surface area contributed by atoms with E-state index in [-0.39, 0.29) is 23.8 Å². The van der Waals surface area contributed by atoms with E-state index < -0.39 is 0 Å². The number of hydrogen-bond donors (Lipinski definition) is 1. The standard InChI is InChI=1S/C28H28N6O2/c1-19(2)34-18-31-26(32-34)24-17-33(28(36)21-8-4-3-5-9-21)25-11-10-22(15-23(24)25)27(35)30-14-12-20-7-6-13-29-16-20/h3-11,13,15-16,18-19,24H,12,14,17H2,1-2H3,(H,30,35)/t24-/m0/s1. The van der Waals surface area contributed by atoms with Gasteiger partial charge in [0.05, 0.1) is 5.92 Å². The molecule has 3 heterocycles. The number of aromatic nitrogens is 4. The van der Waals surface area contributed by atoms with E-state index in [0.717, 1.165) is 16.8 Å². The first-order valence-electron chi connectivity index (χ1n) is 12.1. The SMILES string of the molecule is CC(C)n1cnc([C@H]2CN(C(=O)c3ccccc3)c3ccc(C(=O)NCCc4cccnc4)cc32)n1. The van der Waals surface area contributed by atoms with Gasteiger partial charge < -0.3 is 10.2 Å². The number of nitrogens with zero attached hydrogens (tertiary/aromatic N) is 5. The van der Waals surface area contributed by atoms with Crippen molar-refractivity contribution in [3.05, 3.63) is 107 Å². The fourth-order valence-corrected chi connectivity index (χ4v) is 4.41. The molecule has 0 unspecified atom stereocenters. The van der Waals surface area contributed by atoms with Gasteiger partial charge in [0.15, 0.2) is 5.82 Å². The minimum atomic E-state index is -0.226. The van der Waals surface area contributed by atoms with E-state index in [1.54, 1.807) is 29.7 Å². The van der Waals surface area contributed by atoms with Gasteiger partial charge >= 0.3 is 0 Å². The lowest BCUT2D eigenvalue weighted by molar-refractivity contribution is 0.0952. The number of hydrogen-bond acceptors (Lipinski definition) is 5. The van der Waals surface area contributed by atoms with E-state index in [1.165, 1.54) is 0 Å². The number of anilines is 1. The molecule has 5 rings (SSSR count). The molecule has 0 saturated carbocycles. The highest BCUT2D eigenvalue weighted by molar-refractivity contribution is 6.08. The van der Waals surface area contributed by atoms with Gasteiger partial charge in [-0.2, -0.15) is 5.10 Å². The molecule has 8 heteroatoms. The minimum Gasteiger partial charge on any atom is -0.352 e. The summed E-state index contributed by atoms with van der Waals surface area (Å²) in [7, 11) is 0. The molecule has 36 heavy (non-hydrogen) atoms. The zero-order valence-corrected chi connectivity index (χ0v) is 20.3. The predicted molar refractivity (Wildman–Crippen MR) is 137 cm³/mol. The van der Waals surface area contributed by atoms with Gasteiger partial charge in [0.2, 0.25) is 0 Å². The van der Waals surface area contributed by atoms with Crippen LogP contribution >= 0.6 is 0 Å². The number of benzene rings is 2. The van der Waals surface area contributed by atoms with Crippen LogP contribution in [0.1, 0.15) is 63.5 Å². The van der Waals surface area contributed by atoms with Crippen LogP contribution in [0.2, 0.25) is 0 Å². The first-order valence-corrected chi connectivity index (χ1v) is 12.1. The van der Waals surface area contributed by atoms with Crippen molar-refractivity contribution in [3.8, 4) is 0 Å². The van der Waals surface area contributed by atoms with Crippen molar-refractivity contribution in [1.82, 2.24) is 25.1 Å². The second-order valence-electron chi connectivity index (χ2n) is 9.15. The highest BCUT2D eigenvalue weighted by Crippen LogP contribution is 2.40. The molecule has 0 aliphatic carbocycles. The molecule has 0 saturated heterocycles. The second kappa shape index (κ2) is 10.1. The third-order valence-electron chi connectivity index (χ3n) is 6.38. The van der Waals surface area contributed by atoms with Crippen molar-refractivity contribution in [2.45, 2.75) is 32.2 Å². The average Bonchev–Trinajstić information content (AvgIpc) is 3.54. The highest BCUT2D eigenvalue weighted by Gasteiger charge is 2.36. The third-order valence-corrected chi connectivity index (χ3v) is 6.38. The molecule has 2 aromatic carbocycles. The quantitative estimate of drug-likeness (QED) is 0.431. The molecular weight excluding hydrogens is 452 g/mol. The number of amides is 2. The van der Waals surface area contributed by atoms with Crippen LogP contribution < -0.4 is 10.2 Å². The Bertz CT molecular complexity index is 1370. The number of carbonyl (C=O) groups excluding carboxylic acids is 2. The Morgan fingerprint density at radius 3 is 2.61 bits per heavy atom. The maximum absolute atomic E-state index is 13.4. The van der Waals surface area contributed by atoms with Crippen LogP contribution in [-0.4, -0.2) is 44.7 Å². The van der Waals surface area contributed by atoms with Crippen LogP contribution in [0.3, 0.4) is 0 Å². The number of pyridine rings is 1. The van der Waals surface area contributed by atoms with Crippen molar-refractivity contribution in [2.75, 3.05) is 18.0 Å². The van der Waals surface area contributed by atoms with Gasteiger partial charge in [-0.1, -0.05) is 24.3 Å². The molecule has 1 aliphatic rings. The van der Waals surface area contributed by atoms with Gasteiger partial charge in [-0.25, -0.2) is 4.98 Å². The molecule has 2 aromatic heterocycles. The van der Waals surface area contributed by atoms with Crippen LogP contribution in [0.25, 0.3) is 0 Å². The molecule has 1 atom stereocenters. The Hall–Kier alpha value is -4.33. The van der Waals surface area contributed by atoms with Gasteiger partial charge in [-0.3, -0.25) is 19.3 Å². The van der Waals surface area contributed by atoms with E-state index in [9.17, 15) is 9.59 Å². The minimum absolute atomic E-state index is 0.0867. The Morgan fingerprint density at radius 1 is 1.06 bits per heavy atom. The molecule has 8 nitrogen and oxygen atoms in total. The summed E-state index contributed by atoms with van der Waals surface area (Å²) in [6, 6.07) is 18.8. The maximum Gasteiger partial charge on any atom is 0.258 e. The predicted octanol–water partition coefficient (Wildman–Crippen LogP) is 4.02. The van der Waals surface area contributed by atoms with Gasteiger partial charge in [-0.15, -0.1) is 0 Å². The zero-order chi connectivity index (χ0) is 25.1. The van der Waals surface area contributed by atoms with Crippen molar-refractivity contribution in [3.63, 3.8) is 0 Å². The summed E-state index contributed by atoms with van der Waals surface area (Å²) in [5.74, 6) is 0.170. The van der Waals surface area contributed by atoms with E-state index in [1.807, 2.05) is 73.1 Å². The maximum atomic E-state index is 13.4. The lowest BCUT2D eigenvalue weighted by atomic mass is 9.98. The largest absolute Gasteiger partial charge is 0.352 e. The summed E-state index contributed by atoms with van der Waals surface area (Å²) >= 11 is 0. The number of fused-ring (bicyclic) bond motifs is 1. The molecule has 0 fully saturated rings. The Balaban J connectivity index is 1.42. The van der Waals surface area contributed by atoms with Crippen LogP contribution in [-0.2, 0) is 6.42 Å². The molecular formula is C28H28N6O2. The first-order chi connectivity index (χ1) is 17.5. The summed E-state index contributed by atoms with van der Waals surface area (Å²) < 4.78 is 1.81. The van der Waals surface area contributed by atoms with Crippen molar-refractivity contribution in [2.24, 2.45) is 0 Å². The first kappa shape index (κ1) is 23.4. The van der Waals surface area contributed by atoms with Crippen LogP contribution in [0.5, 0.6) is 0 Å². The fourth-order valence-electron chi connectivity index (χ4n) is 4.41. The molecule has 4 aromatic rings. The number of nitrogens with one attached hydrogen (secondary N) is 1. The van der Waals surface area contributed by atoms with Crippen molar-refractivity contribution >= 4 is 17.5 Å². The monoisotopic (exact) mass is 480 g/mol. The summed E-state index contributed by atoms with van der Waals surface area (Å²) in [5.41, 5.74) is 3.88. The van der Waals surface area contributed by atoms with Crippen LogP contribution in [0.4, 0.5) is 5.69 Å². The highest BCUT2D eigenvalue weighted by atomic mass is 16.2. The van der Waals surface area contributed by atoms with Gasteiger partial charge in [-0.05, 0) is 67.8 Å².